The van der Waals surface area contributed by atoms with Gasteiger partial charge in [0.05, 0.1) is 6.07 Å². The summed E-state index contributed by atoms with van der Waals surface area (Å²) in [4.78, 5) is 2.46. The van der Waals surface area contributed by atoms with Crippen molar-refractivity contribution in [3.8, 4) is 6.07 Å². The van der Waals surface area contributed by atoms with Crippen LogP contribution in [0.5, 0.6) is 0 Å². The van der Waals surface area contributed by atoms with Crippen molar-refractivity contribution in [2.45, 2.75) is 47.0 Å². The third-order valence-corrected chi connectivity index (χ3v) is 3.77. The smallest absolute Gasteiger partial charge is 0.119 e. The molecule has 0 radical (unpaired) electrons. The molecule has 0 spiro atoms. The van der Waals surface area contributed by atoms with Crippen LogP contribution in [0.4, 0.5) is 0 Å². The molecule has 0 atom stereocenters. The third-order valence-electron chi connectivity index (χ3n) is 3.77. The monoisotopic (exact) mass is 368 g/mol. The van der Waals surface area contributed by atoms with Crippen molar-refractivity contribution in [3.63, 3.8) is 0 Å². The van der Waals surface area contributed by atoms with Crippen LogP contribution in [0.3, 0.4) is 0 Å². The van der Waals surface area contributed by atoms with E-state index < -0.39 is 0 Å². The first kappa shape index (κ1) is 24.7. The molecule has 3 nitrogen and oxygen atoms in total. The molecule has 0 saturated carbocycles. The van der Waals surface area contributed by atoms with Gasteiger partial charge >= 0.3 is 0 Å². The second kappa shape index (κ2) is 17.1. The summed E-state index contributed by atoms with van der Waals surface area (Å²) in [5.41, 5.74) is 1.63. The predicted molar refractivity (Wildman–Crippen MR) is 117 cm³/mol. The standard InChI is InChI=1S/C24H36N2O/c1-6-9-18-26(17-7-2)19-20-27-24(16-15-22(4)5)14-12-10-11-13-23(8-3)21-25/h8,10-16H,4,6-7,9,17-20H2,1-3,5H3/b12-10+,13-11+,16-15-,23-8+,24-14+. The van der Waals surface area contributed by atoms with Crippen molar-refractivity contribution in [1.82, 2.24) is 4.90 Å². The van der Waals surface area contributed by atoms with E-state index in [0.717, 1.165) is 37.4 Å². The summed E-state index contributed by atoms with van der Waals surface area (Å²) in [6.45, 7) is 16.0. The molecule has 0 aromatic heterocycles. The minimum atomic E-state index is 0.644. The van der Waals surface area contributed by atoms with Crippen LogP contribution in [-0.4, -0.2) is 31.1 Å². The second-order valence-electron chi connectivity index (χ2n) is 6.39. The van der Waals surface area contributed by atoms with Gasteiger partial charge in [-0.3, -0.25) is 4.90 Å². The molecule has 0 rings (SSSR count). The lowest BCUT2D eigenvalue weighted by molar-refractivity contribution is 0.162. The molecule has 0 N–H and O–H groups in total. The van der Waals surface area contributed by atoms with Gasteiger partial charge < -0.3 is 4.74 Å². The van der Waals surface area contributed by atoms with Gasteiger partial charge in [-0.1, -0.05) is 62.8 Å². The first-order valence-electron chi connectivity index (χ1n) is 9.87. The zero-order valence-corrected chi connectivity index (χ0v) is 17.6. The average Bonchev–Trinajstić information content (AvgIpc) is 2.66. The second-order valence-corrected chi connectivity index (χ2v) is 6.39. The Morgan fingerprint density at radius 3 is 2.41 bits per heavy atom. The van der Waals surface area contributed by atoms with Gasteiger partial charge in [-0.05, 0) is 58.0 Å². The van der Waals surface area contributed by atoms with Crippen molar-refractivity contribution in [2.24, 2.45) is 0 Å². The lowest BCUT2D eigenvalue weighted by Crippen LogP contribution is -2.29. The number of allylic oxidation sites excluding steroid dienone is 10. The summed E-state index contributed by atoms with van der Waals surface area (Å²) >= 11 is 0. The van der Waals surface area contributed by atoms with E-state index in [4.69, 9.17) is 10.00 Å². The number of nitrogens with zero attached hydrogens (tertiary/aromatic N) is 2. The maximum absolute atomic E-state index is 8.88. The fourth-order valence-corrected chi connectivity index (χ4v) is 2.27. The zero-order chi connectivity index (χ0) is 20.3. The quantitative estimate of drug-likeness (QED) is 0.211. The summed E-state index contributed by atoms with van der Waals surface area (Å²) in [5.74, 6) is 0.807. The number of unbranched alkanes of at least 4 members (excludes halogenated alkanes) is 1. The largest absolute Gasteiger partial charge is 0.492 e. The Kier molecular flexibility index (Phi) is 15.7. The number of rotatable bonds is 14. The van der Waals surface area contributed by atoms with Gasteiger partial charge in [0.25, 0.3) is 0 Å². The van der Waals surface area contributed by atoms with Crippen molar-refractivity contribution in [2.75, 3.05) is 26.2 Å². The highest BCUT2D eigenvalue weighted by Gasteiger charge is 2.03. The predicted octanol–water partition coefficient (Wildman–Crippen LogP) is 6.11. The highest BCUT2D eigenvalue weighted by Crippen LogP contribution is 2.05. The van der Waals surface area contributed by atoms with Crippen molar-refractivity contribution < 1.29 is 4.74 Å². The fourth-order valence-electron chi connectivity index (χ4n) is 2.27. The molecule has 0 fully saturated rings. The van der Waals surface area contributed by atoms with Crippen LogP contribution in [0.2, 0.25) is 0 Å². The van der Waals surface area contributed by atoms with Crippen molar-refractivity contribution in [1.29, 1.82) is 5.26 Å². The maximum Gasteiger partial charge on any atom is 0.119 e. The summed E-state index contributed by atoms with van der Waals surface area (Å²) in [7, 11) is 0. The van der Waals surface area contributed by atoms with Crippen LogP contribution in [0.15, 0.2) is 72.1 Å². The number of ether oxygens (including phenoxy) is 1. The Morgan fingerprint density at radius 1 is 1.04 bits per heavy atom. The molecular formula is C24H36N2O. The summed E-state index contributed by atoms with van der Waals surface area (Å²) < 4.78 is 5.97. The zero-order valence-electron chi connectivity index (χ0n) is 17.6. The van der Waals surface area contributed by atoms with Crippen LogP contribution in [-0.2, 0) is 4.74 Å². The molecule has 0 aliphatic rings. The van der Waals surface area contributed by atoms with E-state index in [9.17, 15) is 0 Å². The van der Waals surface area contributed by atoms with E-state index in [1.165, 1.54) is 12.8 Å². The van der Waals surface area contributed by atoms with Gasteiger partial charge in [0, 0.05) is 12.1 Å². The highest BCUT2D eigenvalue weighted by molar-refractivity contribution is 5.34. The Morgan fingerprint density at radius 2 is 1.81 bits per heavy atom. The van der Waals surface area contributed by atoms with Crippen LogP contribution >= 0.6 is 0 Å². The SMILES string of the molecule is C=C(C)\C=C/C(=C\C=C\C=C\C(C#N)=C/C)OCCN(CCC)CCCC. The Hall–Kier alpha value is -2.31. The highest BCUT2D eigenvalue weighted by atomic mass is 16.5. The molecule has 0 bridgehead atoms. The van der Waals surface area contributed by atoms with Crippen molar-refractivity contribution >= 4 is 0 Å². The number of hydrogen-bond acceptors (Lipinski definition) is 3. The Balaban J connectivity index is 4.80. The summed E-state index contributed by atoms with van der Waals surface area (Å²) in [6, 6.07) is 2.12. The molecule has 0 saturated heterocycles. The summed E-state index contributed by atoms with van der Waals surface area (Å²) in [5, 5.41) is 8.88. The van der Waals surface area contributed by atoms with Crippen LogP contribution in [0.1, 0.15) is 47.0 Å². The fraction of sp³-hybridized carbons (Fsp3) is 0.458. The molecular weight excluding hydrogens is 332 g/mol. The Bertz CT molecular complexity index is 600. The lowest BCUT2D eigenvalue weighted by Gasteiger charge is -2.21. The Labute approximate surface area is 166 Å². The molecule has 148 valence electrons. The first-order valence-corrected chi connectivity index (χ1v) is 9.87. The van der Waals surface area contributed by atoms with E-state index in [0.29, 0.717) is 12.2 Å². The van der Waals surface area contributed by atoms with E-state index in [-0.39, 0.29) is 0 Å². The molecule has 0 amide bonds. The molecule has 0 aliphatic carbocycles. The molecule has 3 heteroatoms. The topological polar surface area (TPSA) is 36.3 Å². The van der Waals surface area contributed by atoms with E-state index in [2.05, 4.69) is 31.4 Å². The van der Waals surface area contributed by atoms with Gasteiger partial charge in [0.2, 0.25) is 0 Å². The molecule has 0 unspecified atom stereocenters. The van der Waals surface area contributed by atoms with Gasteiger partial charge in [-0.25, -0.2) is 0 Å². The molecule has 0 aromatic carbocycles. The van der Waals surface area contributed by atoms with Crippen LogP contribution in [0, 0.1) is 11.3 Å². The van der Waals surface area contributed by atoms with Gasteiger partial charge in [0.15, 0.2) is 0 Å². The first-order chi connectivity index (χ1) is 13.1. The molecule has 0 heterocycles. The average molecular weight is 369 g/mol. The van der Waals surface area contributed by atoms with Gasteiger partial charge in [-0.15, -0.1) is 0 Å². The third kappa shape index (κ3) is 14.5. The van der Waals surface area contributed by atoms with Crippen LogP contribution < -0.4 is 0 Å². The van der Waals surface area contributed by atoms with Crippen LogP contribution in [0.25, 0.3) is 0 Å². The van der Waals surface area contributed by atoms with Gasteiger partial charge in [0.1, 0.15) is 12.4 Å². The molecule has 27 heavy (non-hydrogen) atoms. The summed E-state index contributed by atoms with van der Waals surface area (Å²) in [6.07, 6.45) is 18.7. The number of hydrogen-bond donors (Lipinski definition) is 0. The minimum absolute atomic E-state index is 0.644. The van der Waals surface area contributed by atoms with E-state index in [1.807, 2.05) is 50.3 Å². The minimum Gasteiger partial charge on any atom is -0.492 e. The van der Waals surface area contributed by atoms with E-state index >= 15 is 0 Å². The maximum atomic E-state index is 8.88. The van der Waals surface area contributed by atoms with Gasteiger partial charge in [-0.2, -0.15) is 5.26 Å². The number of nitriles is 1. The lowest BCUT2D eigenvalue weighted by atomic mass is 10.2. The molecule has 0 aromatic rings. The normalized spacial score (nSPS) is 13.2. The molecule has 0 aliphatic heterocycles. The van der Waals surface area contributed by atoms with Crippen molar-refractivity contribution in [3.05, 3.63) is 72.1 Å². The van der Waals surface area contributed by atoms with E-state index in [1.54, 1.807) is 12.2 Å².